The summed E-state index contributed by atoms with van der Waals surface area (Å²) in [5, 5.41) is 112. The predicted molar refractivity (Wildman–Crippen MR) is 156 cm³/mol. The van der Waals surface area contributed by atoms with Crippen molar-refractivity contribution in [2.75, 3.05) is 6.61 Å². The largest absolute Gasteiger partial charge is 0.507 e. The second-order valence-electron chi connectivity index (χ2n) is 11.2. The van der Waals surface area contributed by atoms with Crippen molar-refractivity contribution >= 4 is 28.9 Å². The maximum absolute atomic E-state index is 12.3. The Morgan fingerprint density at radius 1 is 0.780 bits per heavy atom. The van der Waals surface area contributed by atoms with E-state index < -0.39 is 115 Å². The maximum atomic E-state index is 12.3. The first kappa shape index (κ1) is 36.2. The third-order valence-electron chi connectivity index (χ3n) is 7.76. The minimum Gasteiger partial charge on any atom is -0.507 e. The Hall–Kier alpha value is -5.06. The normalized spacial score (nSPS) is 29.7. The number of hydrogen-bond acceptors (Lipinski definition) is 17. The number of aliphatic hydroxyl groups is 5. The summed E-state index contributed by atoms with van der Waals surface area (Å²) in [7, 11) is 0. The van der Waals surface area contributed by atoms with E-state index in [4.69, 9.17) is 33.2 Å². The number of aliphatic hydroxyl groups excluding tert-OH is 5. The minimum atomic E-state index is -2.17. The fraction of sp³-hybridized carbons (Fsp3) is 0.400. The van der Waals surface area contributed by atoms with Crippen molar-refractivity contribution in [1.29, 1.82) is 0 Å². The van der Waals surface area contributed by atoms with Gasteiger partial charge in [-0.2, -0.15) is 0 Å². The first-order valence-corrected chi connectivity index (χ1v) is 14.5. The first-order chi connectivity index (χ1) is 23.6. The topological polar surface area (TPSA) is 331 Å². The number of aliphatic carboxylic acids is 2. The van der Waals surface area contributed by atoms with Crippen LogP contribution in [0.15, 0.2) is 40.8 Å². The Labute approximate surface area is 278 Å². The molecule has 0 spiro atoms. The minimum absolute atomic E-state index is 0.0143. The number of phenols is 4. The summed E-state index contributed by atoms with van der Waals surface area (Å²) in [4.78, 5) is 35.0. The lowest BCUT2D eigenvalue weighted by atomic mass is 9.97. The molecule has 3 heterocycles. The monoisotopic (exact) mass is 711 g/mol. The standard InChI is InChI=1S/C30H30O20/c31-8-17-25(48-19(38)7-18(36)37)23(42)27(50-29-22(41)20(39)21(40)26(49-29)28(43)44)30(47-17)46-16-6-11-13(34)4-10(32)5-15(11)45-24(16)9-1-2-12(33)14(35)3-9/h1-6,17,20-23,25-27,29-31,39-42H,7-8H2,(H5-,32,33,34,35,36,37,43,44)/p+1. The van der Waals surface area contributed by atoms with Crippen molar-refractivity contribution in [3.8, 4) is 40.1 Å². The van der Waals surface area contributed by atoms with Gasteiger partial charge in [0.25, 0.3) is 0 Å². The van der Waals surface area contributed by atoms with Gasteiger partial charge in [0.05, 0.1) is 18.2 Å². The van der Waals surface area contributed by atoms with Crippen LogP contribution in [0.4, 0.5) is 0 Å². The van der Waals surface area contributed by atoms with Crippen molar-refractivity contribution in [2.45, 2.75) is 67.8 Å². The molecule has 10 atom stereocenters. The van der Waals surface area contributed by atoms with Gasteiger partial charge in [0.1, 0.15) is 53.8 Å². The number of esters is 1. The maximum Gasteiger partial charge on any atom is 0.402 e. The SMILES string of the molecule is O=C(O)CC(=O)OC1C(CO)OC(Oc2cc3c(O)cc(O)cc3[o+]c2-c2ccc(O)c(O)c2)C(OC2OC(C(=O)O)C(O)C(O)C2O)C1O. The van der Waals surface area contributed by atoms with Crippen molar-refractivity contribution in [1.82, 2.24) is 0 Å². The average Bonchev–Trinajstić information content (AvgIpc) is 3.04. The Morgan fingerprint density at radius 2 is 1.50 bits per heavy atom. The van der Waals surface area contributed by atoms with Gasteiger partial charge in [0.2, 0.25) is 12.0 Å². The van der Waals surface area contributed by atoms with E-state index in [1.165, 1.54) is 6.07 Å². The fourth-order valence-corrected chi connectivity index (χ4v) is 5.33. The smallest absolute Gasteiger partial charge is 0.402 e. The van der Waals surface area contributed by atoms with Crippen LogP contribution in [0.25, 0.3) is 22.3 Å². The summed E-state index contributed by atoms with van der Waals surface area (Å²) >= 11 is 0. The molecule has 2 aliphatic rings. The first-order valence-electron chi connectivity index (χ1n) is 14.5. The Kier molecular flexibility index (Phi) is 10.5. The quantitative estimate of drug-likeness (QED) is 0.0484. The molecule has 3 aromatic rings. The van der Waals surface area contributed by atoms with Gasteiger partial charge in [0.15, 0.2) is 36.1 Å². The highest BCUT2D eigenvalue weighted by molar-refractivity contribution is 5.90. The molecule has 0 bridgehead atoms. The van der Waals surface area contributed by atoms with Gasteiger partial charge in [-0.1, -0.05) is 0 Å². The van der Waals surface area contributed by atoms with Crippen LogP contribution >= 0.6 is 0 Å². The highest BCUT2D eigenvalue weighted by Gasteiger charge is 2.54. The highest BCUT2D eigenvalue weighted by atomic mass is 16.8. The zero-order valence-electron chi connectivity index (χ0n) is 25.2. The van der Waals surface area contributed by atoms with E-state index in [0.717, 1.165) is 30.3 Å². The number of fused-ring (bicyclic) bond motifs is 1. The van der Waals surface area contributed by atoms with Gasteiger partial charge in [-0.3, -0.25) is 9.59 Å². The number of ether oxygens (including phenoxy) is 5. The fourth-order valence-electron chi connectivity index (χ4n) is 5.33. The Bertz CT molecular complexity index is 1760. The van der Waals surface area contributed by atoms with Crippen molar-refractivity contribution in [3.05, 3.63) is 36.4 Å². The average molecular weight is 712 g/mol. The zero-order valence-corrected chi connectivity index (χ0v) is 25.2. The van der Waals surface area contributed by atoms with Crippen LogP contribution in [0.5, 0.6) is 28.7 Å². The number of carboxylic acid groups (broad SMARTS) is 2. The van der Waals surface area contributed by atoms with Crippen LogP contribution in [0, 0.1) is 0 Å². The lowest BCUT2D eigenvalue weighted by molar-refractivity contribution is -0.354. The molecule has 10 unspecified atom stereocenters. The molecule has 5 rings (SSSR count). The molecule has 2 aliphatic heterocycles. The molecule has 2 aromatic carbocycles. The molecule has 0 radical (unpaired) electrons. The molecule has 270 valence electrons. The van der Waals surface area contributed by atoms with Crippen LogP contribution in [0.2, 0.25) is 0 Å². The Morgan fingerprint density at radius 3 is 2.14 bits per heavy atom. The number of carbonyl (C=O) groups excluding carboxylic acids is 1. The predicted octanol–water partition coefficient (Wildman–Crippen LogP) is -1.68. The number of phenolic OH excluding ortho intramolecular Hbond substituents is 4. The number of aromatic hydroxyl groups is 4. The van der Waals surface area contributed by atoms with Crippen LogP contribution in [0.3, 0.4) is 0 Å². The highest BCUT2D eigenvalue weighted by Crippen LogP contribution is 2.43. The number of carbonyl (C=O) groups is 3. The summed E-state index contributed by atoms with van der Waals surface area (Å²) < 4.78 is 33.5. The van der Waals surface area contributed by atoms with E-state index in [1.54, 1.807) is 0 Å². The van der Waals surface area contributed by atoms with Gasteiger partial charge >= 0.3 is 29.3 Å². The van der Waals surface area contributed by atoms with E-state index in [2.05, 4.69) is 0 Å². The third-order valence-corrected chi connectivity index (χ3v) is 7.76. The van der Waals surface area contributed by atoms with Crippen LogP contribution in [0.1, 0.15) is 6.42 Å². The third kappa shape index (κ3) is 7.27. The van der Waals surface area contributed by atoms with Gasteiger partial charge < -0.3 is 79.9 Å². The number of benzene rings is 2. The molecule has 20 nitrogen and oxygen atoms in total. The molecule has 2 saturated heterocycles. The zero-order chi connectivity index (χ0) is 36.6. The molecule has 20 heteroatoms. The summed E-state index contributed by atoms with van der Waals surface area (Å²) in [5.41, 5.74) is -0.111. The van der Waals surface area contributed by atoms with Gasteiger partial charge in [0, 0.05) is 18.2 Å². The second kappa shape index (κ2) is 14.4. The van der Waals surface area contributed by atoms with Crippen LogP contribution < -0.4 is 4.74 Å². The number of rotatable bonds is 10. The molecule has 0 amide bonds. The van der Waals surface area contributed by atoms with E-state index >= 15 is 0 Å². The summed E-state index contributed by atoms with van der Waals surface area (Å²) in [6.45, 7) is -0.996. The summed E-state index contributed by atoms with van der Waals surface area (Å²) in [5.74, 6) is -7.49. The summed E-state index contributed by atoms with van der Waals surface area (Å²) in [6, 6.07) is 6.61. The molecule has 0 saturated carbocycles. The van der Waals surface area contributed by atoms with Gasteiger partial charge in [-0.05, 0) is 12.1 Å². The molecular weight excluding hydrogens is 680 g/mol. The molecule has 1 aromatic heterocycles. The lowest BCUT2D eigenvalue weighted by Crippen LogP contribution is -2.66. The molecule has 11 N–H and O–H groups in total. The lowest BCUT2D eigenvalue weighted by Gasteiger charge is -2.46. The number of hydrogen-bond donors (Lipinski definition) is 11. The molecule has 0 aliphatic carbocycles. The van der Waals surface area contributed by atoms with Gasteiger partial charge in [-0.25, -0.2) is 9.21 Å². The van der Waals surface area contributed by atoms with Crippen LogP contribution in [-0.2, 0) is 33.3 Å². The van der Waals surface area contributed by atoms with Crippen LogP contribution in [-0.4, -0.2) is 142 Å². The molecular formula is C30H31O20+. The Balaban J connectivity index is 1.60. The number of carboxylic acids is 2. The van der Waals surface area contributed by atoms with Crippen molar-refractivity contribution < 1.29 is 98.7 Å². The van der Waals surface area contributed by atoms with Gasteiger partial charge in [-0.15, -0.1) is 0 Å². The van der Waals surface area contributed by atoms with E-state index in [9.17, 15) is 65.4 Å². The van der Waals surface area contributed by atoms with Crippen molar-refractivity contribution in [2.24, 2.45) is 0 Å². The molecule has 50 heavy (non-hydrogen) atoms. The second-order valence-corrected chi connectivity index (χ2v) is 11.2. The van der Waals surface area contributed by atoms with E-state index in [0.29, 0.717) is 0 Å². The van der Waals surface area contributed by atoms with Crippen molar-refractivity contribution in [3.63, 3.8) is 0 Å². The van der Waals surface area contributed by atoms with E-state index in [1.807, 2.05) is 0 Å². The summed E-state index contributed by atoms with van der Waals surface area (Å²) in [6.07, 6.45) is -21.7. The molecule has 2 fully saturated rings. The van der Waals surface area contributed by atoms with E-state index in [-0.39, 0.29) is 28.0 Å².